The summed E-state index contributed by atoms with van der Waals surface area (Å²) in [5.41, 5.74) is -2.27. The van der Waals surface area contributed by atoms with Crippen LogP contribution in [0.5, 0.6) is 0 Å². The quantitative estimate of drug-likeness (QED) is 0.370. The van der Waals surface area contributed by atoms with Crippen molar-refractivity contribution in [3.63, 3.8) is 0 Å². The van der Waals surface area contributed by atoms with Crippen LogP contribution >= 0.6 is 0 Å². The molecule has 0 aromatic heterocycles. The van der Waals surface area contributed by atoms with Gasteiger partial charge in [-0.3, -0.25) is 4.79 Å². The van der Waals surface area contributed by atoms with Gasteiger partial charge >= 0.3 is 5.97 Å². The van der Waals surface area contributed by atoms with Crippen LogP contribution in [0.1, 0.15) is 52.9 Å². The molecule has 18 heavy (non-hydrogen) atoms. The Morgan fingerprint density at radius 1 is 1.22 bits per heavy atom. The number of carbonyl (C=O) groups excluding carboxylic acids is 2. The second kappa shape index (κ2) is 8.21. The Morgan fingerprint density at radius 2 is 1.78 bits per heavy atom. The van der Waals surface area contributed by atoms with Crippen molar-refractivity contribution in [3.8, 4) is 0 Å². The molecule has 0 bridgehead atoms. The summed E-state index contributed by atoms with van der Waals surface area (Å²) >= 11 is 0. The zero-order valence-electron chi connectivity index (χ0n) is 11.4. The fraction of sp³-hybridized carbons (Fsp3) is 0.846. The molecule has 0 aromatic rings. The maximum absolute atomic E-state index is 11.5. The molecule has 0 aromatic carbocycles. The van der Waals surface area contributed by atoms with E-state index in [0.717, 1.165) is 32.6 Å². The lowest BCUT2D eigenvalue weighted by Crippen LogP contribution is -2.49. The highest BCUT2D eigenvalue weighted by Gasteiger charge is 2.42. The number of rotatable bonds is 9. The molecule has 2 unspecified atom stereocenters. The number of hydrogen-bond donors (Lipinski definition) is 2. The second-order valence-electron chi connectivity index (χ2n) is 4.66. The zero-order chi connectivity index (χ0) is 14.2. The Morgan fingerprint density at radius 3 is 2.28 bits per heavy atom. The van der Waals surface area contributed by atoms with Crippen molar-refractivity contribution in [2.45, 2.75) is 64.6 Å². The number of unbranched alkanes of at least 4 members (excludes halogenated alkanes) is 4. The molecule has 5 heteroatoms. The van der Waals surface area contributed by atoms with Gasteiger partial charge in [0.1, 0.15) is 6.10 Å². The highest BCUT2D eigenvalue weighted by Crippen LogP contribution is 2.11. The number of ketones is 1. The van der Waals surface area contributed by atoms with Gasteiger partial charge in [-0.05, 0) is 20.3 Å². The van der Waals surface area contributed by atoms with Gasteiger partial charge in [0.25, 0.3) is 0 Å². The molecule has 0 rings (SSSR count). The molecule has 0 saturated carbocycles. The first-order chi connectivity index (χ1) is 8.34. The van der Waals surface area contributed by atoms with Gasteiger partial charge in [-0.1, -0.05) is 32.6 Å². The summed E-state index contributed by atoms with van der Waals surface area (Å²) in [6, 6.07) is 0. The van der Waals surface area contributed by atoms with Gasteiger partial charge in [0.2, 0.25) is 11.4 Å². The lowest BCUT2D eigenvalue weighted by atomic mass is 9.98. The summed E-state index contributed by atoms with van der Waals surface area (Å²) < 4.78 is 4.84. The molecule has 2 atom stereocenters. The van der Waals surface area contributed by atoms with E-state index < -0.39 is 23.5 Å². The second-order valence-corrected chi connectivity index (χ2v) is 4.66. The van der Waals surface area contributed by atoms with E-state index in [1.807, 2.05) is 0 Å². The molecule has 0 radical (unpaired) electrons. The van der Waals surface area contributed by atoms with Crippen molar-refractivity contribution in [1.82, 2.24) is 0 Å². The Balaban J connectivity index is 3.98. The van der Waals surface area contributed by atoms with Gasteiger partial charge in [-0.2, -0.15) is 0 Å². The van der Waals surface area contributed by atoms with E-state index in [0.29, 0.717) is 6.42 Å². The third-order valence-electron chi connectivity index (χ3n) is 2.74. The van der Waals surface area contributed by atoms with Crippen LogP contribution in [0, 0.1) is 0 Å². The lowest BCUT2D eigenvalue weighted by molar-refractivity contribution is -0.171. The minimum absolute atomic E-state index is 0.186. The first-order valence-corrected chi connectivity index (χ1v) is 6.46. The molecule has 106 valence electrons. The van der Waals surface area contributed by atoms with Crippen LogP contribution in [-0.2, 0) is 14.3 Å². The van der Waals surface area contributed by atoms with E-state index in [9.17, 15) is 14.7 Å². The molecule has 0 fully saturated rings. The maximum atomic E-state index is 11.5. The van der Waals surface area contributed by atoms with Gasteiger partial charge in [-0.15, -0.1) is 0 Å². The Hall–Kier alpha value is -0.940. The largest absolute Gasteiger partial charge is 0.463 e. The van der Waals surface area contributed by atoms with Crippen molar-refractivity contribution in [3.05, 3.63) is 0 Å². The summed E-state index contributed by atoms with van der Waals surface area (Å²) in [6.45, 7) is 4.54. The Kier molecular flexibility index (Phi) is 7.78. The van der Waals surface area contributed by atoms with Gasteiger partial charge < -0.3 is 14.9 Å². The maximum Gasteiger partial charge on any atom is 0.345 e. The Labute approximate surface area is 108 Å². The van der Waals surface area contributed by atoms with Gasteiger partial charge in [-0.25, -0.2) is 4.79 Å². The van der Waals surface area contributed by atoms with E-state index in [4.69, 9.17) is 9.84 Å². The minimum atomic E-state index is -2.27. The summed E-state index contributed by atoms with van der Waals surface area (Å²) in [7, 11) is 0. The normalized spacial score (nSPS) is 15.8. The fourth-order valence-corrected chi connectivity index (χ4v) is 1.52. The topological polar surface area (TPSA) is 83.8 Å². The smallest absolute Gasteiger partial charge is 0.345 e. The molecule has 5 nitrogen and oxygen atoms in total. The Bertz CT molecular complexity index is 271. The molecule has 2 N–H and O–H groups in total. The van der Waals surface area contributed by atoms with Crippen LogP contribution in [0.3, 0.4) is 0 Å². The number of ether oxygens (including phenoxy) is 1. The van der Waals surface area contributed by atoms with E-state index in [1.54, 1.807) is 0 Å². The SMILES string of the molecule is CCCCCCCOC(=O)C(C)(O)C(=O)C(C)O. The molecule has 0 spiro atoms. The summed E-state index contributed by atoms with van der Waals surface area (Å²) in [5, 5.41) is 18.7. The molecule has 0 aliphatic heterocycles. The van der Waals surface area contributed by atoms with Crippen molar-refractivity contribution in [2.75, 3.05) is 6.61 Å². The van der Waals surface area contributed by atoms with E-state index in [1.165, 1.54) is 6.92 Å². The average molecular weight is 260 g/mol. The van der Waals surface area contributed by atoms with E-state index in [-0.39, 0.29) is 6.61 Å². The van der Waals surface area contributed by atoms with Gasteiger partial charge in [0, 0.05) is 0 Å². The number of carbonyl (C=O) groups is 2. The van der Waals surface area contributed by atoms with Crippen LogP contribution in [0.25, 0.3) is 0 Å². The fourth-order valence-electron chi connectivity index (χ4n) is 1.52. The molecule has 0 aliphatic carbocycles. The lowest BCUT2D eigenvalue weighted by Gasteiger charge is -2.21. The number of aliphatic hydroxyl groups is 2. The molecular weight excluding hydrogens is 236 g/mol. The molecule has 0 saturated heterocycles. The van der Waals surface area contributed by atoms with E-state index >= 15 is 0 Å². The number of hydrogen-bond acceptors (Lipinski definition) is 5. The van der Waals surface area contributed by atoms with Crippen LogP contribution < -0.4 is 0 Å². The monoisotopic (exact) mass is 260 g/mol. The average Bonchev–Trinajstić information content (AvgIpc) is 2.31. The molecular formula is C13H24O5. The van der Waals surface area contributed by atoms with E-state index in [2.05, 4.69) is 6.92 Å². The number of Topliss-reactive ketones (excluding diaryl/α,β-unsaturated/α-hetero) is 1. The minimum Gasteiger partial charge on any atom is -0.463 e. The van der Waals surface area contributed by atoms with Crippen LogP contribution in [-0.4, -0.2) is 40.3 Å². The van der Waals surface area contributed by atoms with Crippen molar-refractivity contribution in [1.29, 1.82) is 0 Å². The van der Waals surface area contributed by atoms with Crippen molar-refractivity contribution in [2.24, 2.45) is 0 Å². The van der Waals surface area contributed by atoms with Gasteiger partial charge in [0.15, 0.2) is 0 Å². The predicted octanol–water partition coefficient (Wildman–Crippen LogP) is 1.20. The summed E-state index contributed by atoms with van der Waals surface area (Å²) in [5.74, 6) is -1.94. The van der Waals surface area contributed by atoms with Crippen LogP contribution in [0.15, 0.2) is 0 Å². The standard InChI is InChI=1S/C13H24O5/c1-4-5-6-7-8-9-18-12(16)13(3,17)11(15)10(2)14/h10,14,17H,4-9H2,1-3H3. The molecule has 0 aliphatic rings. The molecule has 0 amide bonds. The van der Waals surface area contributed by atoms with Crippen molar-refractivity contribution < 1.29 is 24.5 Å². The predicted molar refractivity (Wildman–Crippen MR) is 67.0 cm³/mol. The first-order valence-electron chi connectivity index (χ1n) is 6.46. The van der Waals surface area contributed by atoms with Crippen LogP contribution in [0.2, 0.25) is 0 Å². The third-order valence-corrected chi connectivity index (χ3v) is 2.74. The van der Waals surface area contributed by atoms with Crippen LogP contribution in [0.4, 0.5) is 0 Å². The number of aliphatic hydroxyl groups excluding tert-OH is 1. The summed E-state index contributed by atoms with van der Waals surface area (Å²) in [6.07, 6.45) is 3.64. The zero-order valence-corrected chi connectivity index (χ0v) is 11.4. The number of esters is 1. The molecule has 0 heterocycles. The third kappa shape index (κ3) is 5.60. The van der Waals surface area contributed by atoms with Gasteiger partial charge in [0.05, 0.1) is 6.61 Å². The highest BCUT2D eigenvalue weighted by atomic mass is 16.6. The summed E-state index contributed by atoms with van der Waals surface area (Å²) in [4.78, 5) is 22.9. The van der Waals surface area contributed by atoms with Crippen molar-refractivity contribution >= 4 is 11.8 Å². The highest BCUT2D eigenvalue weighted by molar-refractivity contribution is 6.08. The first kappa shape index (κ1) is 17.1.